The molecule has 2 heteroatoms. The molecule has 1 unspecified atom stereocenters. The van der Waals surface area contributed by atoms with E-state index in [0.717, 1.165) is 11.1 Å². The number of hydrogen-bond acceptors (Lipinski definition) is 2. The summed E-state index contributed by atoms with van der Waals surface area (Å²) in [5, 5.41) is 8.84. The van der Waals surface area contributed by atoms with E-state index in [9.17, 15) is 0 Å². The molecule has 2 rings (SSSR count). The largest absolute Gasteiger partial charge is 0.369 e. The minimum Gasteiger partial charge on any atom is -0.369 e. The fourth-order valence-corrected chi connectivity index (χ4v) is 1.96. The molecular weight excluding hydrogens is 234 g/mol. The van der Waals surface area contributed by atoms with E-state index in [-0.39, 0.29) is 6.10 Å². The summed E-state index contributed by atoms with van der Waals surface area (Å²) in [5.74, 6) is 0. The number of nitriles is 1. The van der Waals surface area contributed by atoms with Gasteiger partial charge in [-0.3, -0.25) is 0 Å². The molecule has 0 saturated carbocycles. The third kappa shape index (κ3) is 3.43. The predicted molar refractivity (Wildman–Crippen MR) is 75.5 cm³/mol. The second-order valence-electron chi connectivity index (χ2n) is 4.62. The summed E-state index contributed by atoms with van der Waals surface area (Å²) in [6.07, 6.45) is 0.0660. The van der Waals surface area contributed by atoms with E-state index >= 15 is 0 Å². The molecule has 0 amide bonds. The van der Waals surface area contributed by atoms with E-state index in [4.69, 9.17) is 10.00 Å². The molecular formula is C17H17NO. The van der Waals surface area contributed by atoms with Crippen molar-refractivity contribution in [3.05, 3.63) is 70.8 Å². The maximum absolute atomic E-state index is 8.84. The normalized spacial score (nSPS) is 11.8. The quantitative estimate of drug-likeness (QED) is 0.818. The molecule has 19 heavy (non-hydrogen) atoms. The predicted octanol–water partition coefficient (Wildman–Crippen LogP) is 4.14. The Hall–Kier alpha value is -2.11. The fourth-order valence-electron chi connectivity index (χ4n) is 1.96. The van der Waals surface area contributed by atoms with Gasteiger partial charge in [0.25, 0.3) is 0 Å². The summed E-state index contributed by atoms with van der Waals surface area (Å²) in [4.78, 5) is 0. The molecule has 0 aliphatic rings. The highest BCUT2D eigenvalue weighted by Gasteiger charge is 2.06. The smallest absolute Gasteiger partial charge is 0.0991 e. The van der Waals surface area contributed by atoms with Crippen molar-refractivity contribution in [1.82, 2.24) is 0 Å². The Labute approximate surface area is 114 Å². The van der Waals surface area contributed by atoms with Gasteiger partial charge in [-0.15, -0.1) is 0 Å². The first-order valence-corrected chi connectivity index (χ1v) is 6.37. The van der Waals surface area contributed by atoms with Crippen LogP contribution < -0.4 is 0 Å². The van der Waals surface area contributed by atoms with E-state index in [0.29, 0.717) is 12.2 Å². The highest BCUT2D eigenvalue weighted by molar-refractivity contribution is 5.37. The Morgan fingerprint density at radius 1 is 1.16 bits per heavy atom. The van der Waals surface area contributed by atoms with Gasteiger partial charge in [0.1, 0.15) is 0 Å². The van der Waals surface area contributed by atoms with Crippen molar-refractivity contribution in [3.63, 3.8) is 0 Å². The lowest BCUT2D eigenvalue weighted by Gasteiger charge is -2.14. The number of benzene rings is 2. The number of hydrogen-bond donors (Lipinski definition) is 0. The molecule has 0 fully saturated rings. The molecule has 0 aromatic heterocycles. The van der Waals surface area contributed by atoms with E-state index in [1.807, 2.05) is 50.2 Å². The van der Waals surface area contributed by atoms with Crippen LogP contribution in [0.4, 0.5) is 0 Å². The first kappa shape index (κ1) is 13.3. The molecule has 0 radical (unpaired) electrons. The molecule has 0 spiro atoms. The van der Waals surface area contributed by atoms with Crippen molar-refractivity contribution >= 4 is 0 Å². The summed E-state index contributed by atoms with van der Waals surface area (Å²) in [7, 11) is 0. The molecule has 2 aromatic rings. The number of ether oxygens (including phenoxy) is 1. The van der Waals surface area contributed by atoms with Crippen LogP contribution in [0, 0.1) is 18.3 Å². The summed E-state index contributed by atoms with van der Waals surface area (Å²) in [6.45, 7) is 4.62. The Morgan fingerprint density at radius 2 is 1.89 bits per heavy atom. The van der Waals surface area contributed by atoms with Gasteiger partial charge in [-0.25, -0.2) is 0 Å². The maximum Gasteiger partial charge on any atom is 0.0991 e. The van der Waals surface area contributed by atoms with Crippen LogP contribution in [-0.2, 0) is 11.3 Å². The zero-order valence-corrected chi connectivity index (χ0v) is 11.3. The first-order chi connectivity index (χ1) is 9.20. The lowest BCUT2D eigenvalue weighted by Crippen LogP contribution is -2.01. The van der Waals surface area contributed by atoms with Crippen molar-refractivity contribution < 1.29 is 4.74 Å². The summed E-state index contributed by atoms with van der Waals surface area (Å²) in [6, 6.07) is 18.0. The molecule has 0 saturated heterocycles. The van der Waals surface area contributed by atoms with Crippen molar-refractivity contribution in [2.24, 2.45) is 0 Å². The molecule has 0 N–H and O–H groups in total. The van der Waals surface area contributed by atoms with Crippen molar-refractivity contribution in [3.8, 4) is 6.07 Å². The van der Waals surface area contributed by atoms with Crippen LogP contribution in [0.15, 0.2) is 48.5 Å². The van der Waals surface area contributed by atoms with Crippen molar-refractivity contribution in [2.75, 3.05) is 0 Å². The summed E-state index contributed by atoms with van der Waals surface area (Å²) < 4.78 is 5.89. The molecule has 0 heterocycles. The topological polar surface area (TPSA) is 33.0 Å². The lowest BCUT2D eigenvalue weighted by molar-refractivity contribution is 0.0523. The highest BCUT2D eigenvalue weighted by Crippen LogP contribution is 2.19. The zero-order chi connectivity index (χ0) is 13.7. The number of rotatable bonds is 4. The van der Waals surface area contributed by atoms with Gasteiger partial charge in [-0.1, -0.05) is 36.4 Å². The number of nitrogens with zero attached hydrogens (tertiary/aromatic N) is 1. The van der Waals surface area contributed by atoms with Gasteiger partial charge >= 0.3 is 0 Å². The van der Waals surface area contributed by atoms with Crippen LogP contribution in [0.5, 0.6) is 0 Å². The molecule has 96 valence electrons. The minimum absolute atomic E-state index is 0.0660. The second-order valence-corrected chi connectivity index (χ2v) is 4.62. The maximum atomic E-state index is 8.84. The highest BCUT2D eigenvalue weighted by atomic mass is 16.5. The van der Waals surface area contributed by atoms with Crippen molar-refractivity contribution in [2.45, 2.75) is 26.6 Å². The molecule has 0 bridgehead atoms. The van der Waals surface area contributed by atoms with Gasteiger partial charge in [0.2, 0.25) is 0 Å². The molecule has 0 aliphatic heterocycles. The van der Waals surface area contributed by atoms with Crippen LogP contribution in [0.3, 0.4) is 0 Å². The van der Waals surface area contributed by atoms with E-state index in [1.54, 1.807) is 0 Å². The van der Waals surface area contributed by atoms with Gasteiger partial charge in [0, 0.05) is 0 Å². The first-order valence-electron chi connectivity index (χ1n) is 6.37. The molecule has 2 aromatic carbocycles. The van der Waals surface area contributed by atoms with Gasteiger partial charge in [-0.2, -0.15) is 5.26 Å². The monoisotopic (exact) mass is 251 g/mol. The third-order valence-electron chi connectivity index (χ3n) is 3.23. The Morgan fingerprint density at radius 3 is 2.53 bits per heavy atom. The van der Waals surface area contributed by atoms with Crippen molar-refractivity contribution in [1.29, 1.82) is 5.26 Å². The van der Waals surface area contributed by atoms with Crippen LogP contribution in [-0.4, -0.2) is 0 Å². The van der Waals surface area contributed by atoms with Gasteiger partial charge < -0.3 is 4.74 Å². The molecule has 1 atom stereocenters. The molecule has 0 aliphatic carbocycles. The second kappa shape index (κ2) is 6.17. The van der Waals surface area contributed by atoms with E-state index in [1.165, 1.54) is 5.56 Å². The minimum atomic E-state index is 0.0660. The van der Waals surface area contributed by atoms with Crippen LogP contribution in [0.2, 0.25) is 0 Å². The van der Waals surface area contributed by atoms with Gasteiger partial charge in [0.05, 0.1) is 24.3 Å². The average Bonchev–Trinajstić information content (AvgIpc) is 2.46. The Bertz CT molecular complexity index is 584. The summed E-state index contributed by atoms with van der Waals surface area (Å²) in [5.41, 5.74) is 4.09. The molecule has 2 nitrogen and oxygen atoms in total. The number of aryl methyl sites for hydroxylation is 1. The summed E-state index contributed by atoms with van der Waals surface area (Å²) >= 11 is 0. The fraction of sp³-hybridized carbons (Fsp3) is 0.235. The van der Waals surface area contributed by atoms with Gasteiger partial charge in [0.15, 0.2) is 0 Å². The SMILES string of the molecule is Cc1cc(C#N)ccc1COC(C)c1ccccc1. The Kier molecular flexibility index (Phi) is 4.33. The van der Waals surface area contributed by atoms with E-state index in [2.05, 4.69) is 18.2 Å². The lowest BCUT2D eigenvalue weighted by atomic mass is 10.1. The third-order valence-corrected chi connectivity index (χ3v) is 3.23. The van der Waals surface area contributed by atoms with Crippen LogP contribution >= 0.6 is 0 Å². The van der Waals surface area contributed by atoms with E-state index < -0.39 is 0 Å². The zero-order valence-electron chi connectivity index (χ0n) is 11.3. The van der Waals surface area contributed by atoms with Crippen LogP contribution in [0.25, 0.3) is 0 Å². The Balaban J connectivity index is 2.01. The van der Waals surface area contributed by atoms with Gasteiger partial charge in [-0.05, 0) is 42.7 Å². The average molecular weight is 251 g/mol. The van der Waals surface area contributed by atoms with Crippen LogP contribution in [0.1, 0.15) is 35.3 Å². The standard InChI is InChI=1S/C17H17NO/c1-13-10-15(11-18)8-9-17(13)12-19-14(2)16-6-4-3-5-7-16/h3-10,14H,12H2,1-2H3.